The first-order valence-corrected chi connectivity index (χ1v) is 5.94. The molecule has 0 spiro atoms. The van der Waals surface area contributed by atoms with Gasteiger partial charge in [0.2, 0.25) is 0 Å². The first-order chi connectivity index (χ1) is 8.58. The number of hydrogen-bond donors (Lipinski definition) is 1. The molecular formula is C12H13ClN4O. The summed E-state index contributed by atoms with van der Waals surface area (Å²) >= 11 is 5.82. The fourth-order valence-electron chi connectivity index (χ4n) is 1.56. The SMILES string of the molecule is CCn1cc(NC(=O)c2cc(C)nc(Cl)c2)cn1. The number of rotatable bonds is 3. The van der Waals surface area contributed by atoms with Crippen molar-refractivity contribution in [3.63, 3.8) is 0 Å². The van der Waals surface area contributed by atoms with Crippen LogP contribution >= 0.6 is 11.6 Å². The van der Waals surface area contributed by atoms with Gasteiger partial charge in [-0.3, -0.25) is 9.48 Å². The van der Waals surface area contributed by atoms with Crippen LogP contribution in [0.5, 0.6) is 0 Å². The van der Waals surface area contributed by atoms with E-state index < -0.39 is 0 Å². The number of aromatic nitrogens is 3. The zero-order valence-corrected chi connectivity index (χ0v) is 10.9. The molecule has 0 atom stereocenters. The standard InChI is InChI=1S/C12H13ClN4O/c1-3-17-7-10(6-14-17)16-12(18)9-4-8(2)15-11(13)5-9/h4-7H,3H2,1-2H3,(H,16,18). The molecule has 2 rings (SSSR count). The summed E-state index contributed by atoms with van der Waals surface area (Å²) in [5, 5.41) is 7.15. The van der Waals surface area contributed by atoms with Gasteiger partial charge in [0.25, 0.3) is 5.91 Å². The van der Waals surface area contributed by atoms with E-state index in [1.54, 1.807) is 30.1 Å². The molecule has 6 heteroatoms. The average molecular weight is 265 g/mol. The summed E-state index contributed by atoms with van der Waals surface area (Å²) in [5.74, 6) is -0.224. The molecule has 0 saturated heterocycles. The predicted molar refractivity (Wildman–Crippen MR) is 69.8 cm³/mol. The first-order valence-electron chi connectivity index (χ1n) is 5.56. The smallest absolute Gasteiger partial charge is 0.255 e. The maximum absolute atomic E-state index is 12.0. The highest BCUT2D eigenvalue weighted by Crippen LogP contribution is 2.13. The Bertz CT molecular complexity index is 559. The number of carbonyl (C=O) groups is 1. The highest BCUT2D eigenvalue weighted by Gasteiger charge is 2.09. The minimum atomic E-state index is -0.224. The quantitative estimate of drug-likeness (QED) is 0.867. The lowest BCUT2D eigenvalue weighted by atomic mass is 10.2. The summed E-state index contributed by atoms with van der Waals surface area (Å²) in [6.07, 6.45) is 3.38. The van der Waals surface area contributed by atoms with Gasteiger partial charge >= 0.3 is 0 Å². The number of hydrogen-bond acceptors (Lipinski definition) is 3. The van der Waals surface area contributed by atoms with Crippen LogP contribution in [0.25, 0.3) is 0 Å². The van der Waals surface area contributed by atoms with E-state index in [0.717, 1.165) is 6.54 Å². The highest BCUT2D eigenvalue weighted by molar-refractivity contribution is 6.29. The lowest BCUT2D eigenvalue weighted by Crippen LogP contribution is -2.12. The Morgan fingerprint density at radius 3 is 2.89 bits per heavy atom. The number of nitrogens with one attached hydrogen (secondary N) is 1. The summed E-state index contributed by atoms with van der Waals surface area (Å²) in [4.78, 5) is 16.0. The van der Waals surface area contributed by atoms with E-state index in [1.165, 1.54) is 6.07 Å². The minimum Gasteiger partial charge on any atom is -0.319 e. The van der Waals surface area contributed by atoms with Crippen molar-refractivity contribution in [3.8, 4) is 0 Å². The Hall–Kier alpha value is -1.88. The van der Waals surface area contributed by atoms with Crippen LogP contribution in [0.2, 0.25) is 5.15 Å². The van der Waals surface area contributed by atoms with Gasteiger partial charge in [0.1, 0.15) is 5.15 Å². The van der Waals surface area contributed by atoms with Crippen molar-refractivity contribution in [1.29, 1.82) is 0 Å². The molecule has 5 nitrogen and oxygen atoms in total. The van der Waals surface area contributed by atoms with Crippen molar-refractivity contribution in [2.75, 3.05) is 5.32 Å². The van der Waals surface area contributed by atoms with E-state index in [0.29, 0.717) is 22.1 Å². The van der Waals surface area contributed by atoms with Crippen LogP contribution in [0, 0.1) is 6.92 Å². The largest absolute Gasteiger partial charge is 0.319 e. The van der Waals surface area contributed by atoms with E-state index in [-0.39, 0.29) is 5.91 Å². The van der Waals surface area contributed by atoms with E-state index >= 15 is 0 Å². The molecule has 1 amide bonds. The summed E-state index contributed by atoms with van der Waals surface area (Å²) < 4.78 is 1.74. The van der Waals surface area contributed by atoms with E-state index in [9.17, 15) is 4.79 Å². The van der Waals surface area contributed by atoms with Crippen LogP contribution in [0.3, 0.4) is 0 Å². The minimum absolute atomic E-state index is 0.224. The Balaban J connectivity index is 2.16. The fourth-order valence-corrected chi connectivity index (χ4v) is 1.81. The molecule has 0 fully saturated rings. The van der Waals surface area contributed by atoms with Gasteiger partial charge in [-0.25, -0.2) is 4.98 Å². The molecule has 0 bridgehead atoms. The van der Waals surface area contributed by atoms with Gasteiger partial charge in [0.05, 0.1) is 11.9 Å². The number of pyridine rings is 1. The second kappa shape index (κ2) is 5.18. The number of carbonyl (C=O) groups excluding carboxylic acids is 1. The van der Waals surface area contributed by atoms with Crippen LogP contribution in [0.15, 0.2) is 24.5 Å². The van der Waals surface area contributed by atoms with Gasteiger partial charge in [-0.1, -0.05) is 11.6 Å². The van der Waals surface area contributed by atoms with Gasteiger partial charge in [-0.05, 0) is 26.0 Å². The van der Waals surface area contributed by atoms with Crippen LogP contribution in [-0.4, -0.2) is 20.7 Å². The van der Waals surface area contributed by atoms with Crippen LogP contribution in [0.4, 0.5) is 5.69 Å². The number of amides is 1. The Morgan fingerprint density at radius 2 is 2.28 bits per heavy atom. The first kappa shape index (κ1) is 12.6. The van der Waals surface area contributed by atoms with Gasteiger partial charge in [-0.2, -0.15) is 5.10 Å². The average Bonchev–Trinajstić information content (AvgIpc) is 2.75. The molecule has 0 aliphatic rings. The van der Waals surface area contributed by atoms with E-state index in [1.807, 2.05) is 6.92 Å². The topological polar surface area (TPSA) is 59.8 Å². The number of aryl methyl sites for hydroxylation is 2. The van der Waals surface area contributed by atoms with Gasteiger partial charge in [0.15, 0.2) is 0 Å². The van der Waals surface area contributed by atoms with E-state index in [4.69, 9.17) is 11.6 Å². The molecule has 18 heavy (non-hydrogen) atoms. The predicted octanol–water partition coefficient (Wildman–Crippen LogP) is 2.51. The summed E-state index contributed by atoms with van der Waals surface area (Å²) in [6.45, 7) is 4.53. The number of halogens is 1. The van der Waals surface area contributed by atoms with Crippen molar-refractivity contribution < 1.29 is 4.79 Å². The number of anilines is 1. The van der Waals surface area contributed by atoms with Crippen LogP contribution in [-0.2, 0) is 6.54 Å². The summed E-state index contributed by atoms with van der Waals surface area (Å²) in [5.41, 5.74) is 1.85. The third-order valence-corrected chi connectivity index (χ3v) is 2.59. The third-order valence-electron chi connectivity index (χ3n) is 2.40. The molecule has 0 aliphatic carbocycles. The maximum Gasteiger partial charge on any atom is 0.255 e. The summed E-state index contributed by atoms with van der Waals surface area (Å²) in [7, 11) is 0. The van der Waals surface area contributed by atoms with Gasteiger partial charge in [0, 0.05) is 24.0 Å². The molecule has 1 N–H and O–H groups in total. The van der Waals surface area contributed by atoms with Crippen molar-refractivity contribution >= 4 is 23.2 Å². The molecule has 2 aromatic heterocycles. The second-order valence-electron chi connectivity index (χ2n) is 3.86. The third kappa shape index (κ3) is 2.87. The van der Waals surface area contributed by atoms with Crippen molar-refractivity contribution in [2.24, 2.45) is 0 Å². The number of nitrogens with zero attached hydrogens (tertiary/aromatic N) is 3. The second-order valence-corrected chi connectivity index (χ2v) is 4.25. The molecule has 2 aromatic rings. The molecule has 0 aromatic carbocycles. The monoisotopic (exact) mass is 264 g/mol. The van der Waals surface area contributed by atoms with Crippen LogP contribution < -0.4 is 5.32 Å². The van der Waals surface area contributed by atoms with Gasteiger partial charge in [-0.15, -0.1) is 0 Å². The molecule has 0 aliphatic heterocycles. The van der Waals surface area contributed by atoms with Gasteiger partial charge < -0.3 is 5.32 Å². The Labute approximate surface area is 110 Å². The molecule has 0 radical (unpaired) electrons. The van der Waals surface area contributed by atoms with E-state index in [2.05, 4.69) is 15.4 Å². The normalized spacial score (nSPS) is 10.4. The van der Waals surface area contributed by atoms with Crippen molar-refractivity contribution in [3.05, 3.63) is 40.9 Å². The Morgan fingerprint density at radius 1 is 1.50 bits per heavy atom. The molecule has 2 heterocycles. The fraction of sp³-hybridized carbons (Fsp3) is 0.250. The zero-order valence-electron chi connectivity index (χ0n) is 10.1. The zero-order chi connectivity index (χ0) is 13.1. The highest BCUT2D eigenvalue weighted by atomic mass is 35.5. The molecule has 0 saturated carbocycles. The Kier molecular flexibility index (Phi) is 3.62. The van der Waals surface area contributed by atoms with Crippen molar-refractivity contribution in [2.45, 2.75) is 20.4 Å². The van der Waals surface area contributed by atoms with Crippen molar-refractivity contribution in [1.82, 2.24) is 14.8 Å². The lowest BCUT2D eigenvalue weighted by molar-refractivity contribution is 0.102. The molecule has 94 valence electrons. The summed E-state index contributed by atoms with van der Waals surface area (Å²) in [6, 6.07) is 3.22. The van der Waals surface area contributed by atoms with Crippen LogP contribution in [0.1, 0.15) is 23.0 Å². The lowest BCUT2D eigenvalue weighted by Gasteiger charge is -2.03. The molecular weight excluding hydrogens is 252 g/mol. The molecule has 0 unspecified atom stereocenters. The maximum atomic E-state index is 12.0.